The number of methoxy groups -OCH3 is 2. The summed E-state index contributed by atoms with van der Waals surface area (Å²) in [7, 11) is 3.26. The first-order valence-corrected chi connectivity index (χ1v) is 11.0. The van der Waals surface area contributed by atoms with Crippen LogP contribution < -0.4 is 19.5 Å². The average molecular weight is 427 g/mol. The molecule has 0 spiro atoms. The van der Waals surface area contributed by atoms with E-state index >= 15 is 0 Å². The second kappa shape index (κ2) is 11.0. The Labute approximate surface area is 185 Å². The number of hydrogen-bond acceptors (Lipinski definition) is 5. The number of hydrogen-bond donors (Lipinski definition) is 1. The van der Waals surface area contributed by atoms with Gasteiger partial charge in [0, 0.05) is 12.1 Å². The fourth-order valence-electron chi connectivity index (χ4n) is 3.84. The van der Waals surface area contributed by atoms with E-state index in [1.54, 1.807) is 32.4 Å². The average Bonchev–Trinajstić information content (AvgIpc) is 3.32. The first kappa shape index (κ1) is 22.9. The van der Waals surface area contributed by atoms with E-state index in [0.717, 1.165) is 24.4 Å². The van der Waals surface area contributed by atoms with Crippen LogP contribution in [0.2, 0.25) is 0 Å². The molecular formula is C25H34N2O4. The van der Waals surface area contributed by atoms with Gasteiger partial charge in [0.15, 0.2) is 11.5 Å². The molecule has 0 saturated carbocycles. The number of amides is 1. The lowest BCUT2D eigenvalue weighted by molar-refractivity contribution is 0.0937. The van der Waals surface area contributed by atoms with E-state index < -0.39 is 0 Å². The predicted octanol–water partition coefficient (Wildman–Crippen LogP) is 4.31. The molecule has 1 saturated heterocycles. The number of rotatable bonds is 10. The Bertz CT molecular complexity index is 862. The molecule has 1 fully saturated rings. The van der Waals surface area contributed by atoms with Gasteiger partial charge in [-0.15, -0.1) is 0 Å². The van der Waals surface area contributed by atoms with Crippen LogP contribution in [0.25, 0.3) is 0 Å². The summed E-state index contributed by atoms with van der Waals surface area (Å²) < 4.78 is 16.6. The van der Waals surface area contributed by atoms with Gasteiger partial charge in [0.25, 0.3) is 5.91 Å². The predicted molar refractivity (Wildman–Crippen MR) is 122 cm³/mol. The Morgan fingerprint density at radius 2 is 1.81 bits per heavy atom. The molecule has 6 nitrogen and oxygen atoms in total. The molecule has 1 atom stereocenters. The van der Waals surface area contributed by atoms with Crippen LogP contribution in [0.15, 0.2) is 42.5 Å². The van der Waals surface area contributed by atoms with E-state index in [2.05, 4.69) is 36.2 Å². The summed E-state index contributed by atoms with van der Waals surface area (Å²) in [5, 5.41) is 3.12. The summed E-state index contributed by atoms with van der Waals surface area (Å²) in [6.07, 6.45) is 2.37. The molecule has 168 valence electrons. The lowest BCUT2D eigenvalue weighted by Gasteiger charge is -2.28. The van der Waals surface area contributed by atoms with Gasteiger partial charge < -0.3 is 19.5 Å². The highest BCUT2D eigenvalue weighted by molar-refractivity contribution is 5.94. The minimum Gasteiger partial charge on any atom is -0.497 e. The first-order chi connectivity index (χ1) is 15.0. The number of carbonyl (C=O) groups excluding carboxylic acids is 1. The molecule has 1 N–H and O–H groups in total. The van der Waals surface area contributed by atoms with Gasteiger partial charge in [0.1, 0.15) is 5.75 Å². The number of benzene rings is 2. The van der Waals surface area contributed by atoms with Gasteiger partial charge in [-0.05, 0) is 67.7 Å². The highest BCUT2D eigenvalue weighted by Crippen LogP contribution is 2.29. The van der Waals surface area contributed by atoms with Crippen LogP contribution in [-0.2, 0) is 0 Å². The van der Waals surface area contributed by atoms with E-state index in [4.69, 9.17) is 14.2 Å². The Morgan fingerprint density at radius 1 is 1.03 bits per heavy atom. The van der Waals surface area contributed by atoms with Crippen molar-refractivity contribution in [1.29, 1.82) is 0 Å². The maximum Gasteiger partial charge on any atom is 0.251 e. The highest BCUT2D eigenvalue weighted by atomic mass is 16.5. The minimum atomic E-state index is -0.124. The first-order valence-electron chi connectivity index (χ1n) is 11.0. The van der Waals surface area contributed by atoms with Gasteiger partial charge in [-0.1, -0.05) is 26.0 Å². The monoisotopic (exact) mass is 426 g/mol. The third-order valence-electron chi connectivity index (χ3n) is 5.51. The zero-order chi connectivity index (χ0) is 22.2. The Hall–Kier alpha value is -2.73. The zero-order valence-electron chi connectivity index (χ0n) is 19.0. The lowest BCUT2D eigenvalue weighted by Crippen LogP contribution is -2.36. The van der Waals surface area contributed by atoms with E-state index in [-0.39, 0.29) is 11.9 Å². The summed E-state index contributed by atoms with van der Waals surface area (Å²) in [6, 6.07) is 13.5. The standard InChI is InChI=1S/C25H34N2O4/c1-18(2)17-31-23-11-10-20(15-24(23)30-4)25(28)26-16-22(27-12-5-6-13-27)19-8-7-9-21(14-19)29-3/h7-11,14-15,18,22H,5-6,12-13,16-17H2,1-4H3,(H,26,28). The molecule has 0 bridgehead atoms. The van der Waals surface area contributed by atoms with Crippen LogP contribution in [0.4, 0.5) is 0 Å². The van der Waals surface area contributed by atoms with Crippen molar-refractivity contribution in [2.75, 3.05) is 40.5 Å². The second-order valence-electron chi connectivity index (χ2n) is 8.32. The molecule has 1 heterocycles. The topological polar surface area (TPSA) is 60.0 Å². The van der Waals surface area contributed by atoms with Crippen LogP contribution in [-0.4, -0.2) is 51.3 Å². The molecule has 31 heavy (non-hydrogen) atoms. The molecule has 1 amide bonds. The molecule has 0 aliphatic carbocycles. The summed E-state index contributed by atoms with van der Waals surface area (Å²) in [6.45, 7) is 7.38. The van der Waals surface area contributed by atoms with E-state index in [9.17, 15) is 4.79 Å². The summed E-state index contributed by atoms with van der Waals surface area (Å²) >= 11 is 0. The maximum atomic E-state index is 12.9. The van der Waals surface area contributed by atoms with Crippen LogP contribution in [0.5, 0.6) is 17.2 Å². The molecule has 0 radical (unpaired) electrons. The van der Waals surface area contributed by atoms with Crippen molar-refractivity contribution < 1.29 is 19.0 Å². The van der Waals surface area contributed by atoms with Crippen molar-refractivity contribution in [3.05, 3.63) is 53.6 Å². The van der Waals surface area contributed by atoms with Gasteiger partial charge in [0.2, 0.25) is 0 Å². The van der Waals surface area contributed by atoms with Crippen LogP contribution in [0, 0.1) is 5.92 Å². The summed E-state index contributed by atoms with van der Waals surface area (Å²) in [5.41, 5.74) is 1.70. The number of nitrogens with zero attached hydrogens (tertiary/aromatic N) is 1. The third-order valence-corrected chi connectivity index (χ3v) is 5.51. The fraction of sp³-hybridized carbons (Fsp3) is 0.480. The molecule has 1 aliphatic rings. The number of carbonyl (C=O) groups is 1. The van der Waals surface area contributed by atoms with Crippen LogP contribution in [0.3, 0.4) is 0 Å². The summed E-state index contributed by atoms with van der Waals surface area (Å²) in [4.78, 5) is 15.3. The van der Waals surface area contributed by atoms with Gasteiger partial charge in [-0.25, -0.2) is 0 Å². The van der Waals surface area contributed by atoms with Crippen molar-refractivity contribution >= 4 is 5.91 Å². The highest BCUT2D eigenvalue weighted by Gasteiger charge is 2.24. The van der Waals surface area contributed by atoms with E-state index in [0.29, 0.717) is 36.1 Å². The van der Waals surface area contributed by atoms with Crippen molar-refractivity contribution in [2.45, 2.75) is 32.7 Å². The maximum absolute atomic E-state index is 12.9. The molecular weight excluding hydrogens is 392 g/mol. The molecule has 2 aromatic carbocycles. The van der Waals surface area contributed by atoms with Gasteiger partial charge in [-0.3, -0.25) is 9.69 Å². The van der Waals surface area contributed by atoms with Crippen LogP contribution >= 0.6 is 0 Å². The smallest absolute Gasteiger partial charge is 0.251 e. The number of likely N-dealkylation sites (tertiary alicyclic amines) is 1. The molecule has 0 aromatic heterocycles. The Morgan fingerprint density at radius 3 is 2.48 bits per heavy atom. The third kappa shape index (κ3) is 6.14. The fourth-order valence-corrected chi connectivity index (χ4v) is 3.84. The van der Waals surface area contributed by atoms with Gasteiger partial charge >= 0.3 is 0 Å². The quantitative estimate of drug-likeness (QED) is 0.614. The molecule has 2 aromatic rings. The summed E-state index contributed by atoms with van der Waals surface area (Å²) in [5.74, 6) is 2.33. The van der Waals surface area contributed by atoms with Crippen molar-refractivity contribution in [3.8, 4) is 17.2 Å². The Balaban J connectivity index is 1.71. The minimum absolute atomic E-state index is 0.108. The molecule has 3 rings (SSSR count). The van der Waals surface area contributed by atoms with Gasteiger partial charge in [-0.2, -0.15) is 0 Å². The molecule has 6 heteroatoms. The van der Waals surface area contributed by atoms with Crippen molar-refractivity contribution in [3.63, 3.8) is 0 Å². The largest absolute Gasteiger partial charge is 0.497 e. The van der Waals surface area contributed by atoms with E-state index in [1.807, 2.05) is 12.1 Å². The second-order valence-corrected chi connectivity index (χ2v) is 8.32. The van der Waals surface area contributed by atoms with Crippen molar-refractivity contribution in [2.24, 2.45) is 5.92 Å². The van der Waals surface area contributed by atoms with Gasteiger partial charge in [0.05, 0.1) is 26.9 Å². The van der Waals surface area contributed by atoms with Crippen LogP contribution in [0.1, 0.15) is 48.7 Å². The number of ether oxygens (including phenoxy) is 3. The van der Waals surface area contributed by atoms with Crippen molar-refractivity contribution in [1.82, 2.24) is 10.2 Å². The zero-order valence-corrected chi connectivity index (χ0v) is 19.0. The van der Waals surface area contributed by atoms with E-state index in [1.165, 1.54) is 12.8 Å². The molecule has 1 unspecified atom stereocenters. The SMILES string of the molecule is COc1cccc(C(CNC(=O)c2ccc(OCC(C)C)c(OC)c2)N2CCCC2)c1. The normalized spacial score (nSPS) is 15.0. The Kier molecular flexibility index (Phi) is 8.18. The lowest BCUT2D eigenvalue weighted by atomic mass is 10.0. The number of nitrogens with one attached hydrogen (secondary N) is 1. The molecule has 1 aliphatic heterocycles.